The Balaban J connectivity index is 1.61. The number of amides is 3. The molecule has 3 amide bonds. The average Bonchev–Trinajstić information content (AvgIpc) is 2.87. The third-order valence-corrected chi connectivity index (χ3v) is 4.21. The molecule has 24 heavy (non-hydrogen) atoms. The third kappa shape index (κ3) is 3.59. The SMILES string of the molecule is O=C1CCC(C(=O)N2CCCN(C(=O)c3ccc(Cl)o3)CC2)=NN1. The second kappa shape index (κ2) is 7.04. The van der Waals surface area contributed by atoms with Gasteiger partial charge in [0, 0.05) is 39.0 Å². The summed E-state index contributed by atoms with van der Waals surface area (Å²) >= 11 is 5.70. The number of carbonyl (C=O) groups excluding carboxylic acids is 3. The van der Waals surface area contributed by atoms with Crippen molar-refractivity contribution < 1.29 is 18.8 Å². The summed E-state index contributed by atoms with van der Waals surface area (Å²) in [7, 11) is 0. The molecule has 3 heterocycles. The number of halogens is 1. The third-order valence-electron chi connectivity index (χ3n) is 4.01. The van der Waals surface area contributed by atoms with Crippen LogP contribution in [0, 0.1) is 0 Å². The molecule has 3 rings (SSSR count). The van der Waals surface area contributed by atoms with Gasteiger partial charge in [-0.3, -0.25) is 14.4 Å². The van der Waals surface area contributed by atoms with Gasteiger partial charge in [-0.15, -0.1) is 0 Å². The molecule has 0 atom stereocenters. The highest BCUT2D eigenvalue weighted by Crippen LogP contribution is 2.16. The van der Waals surface area contributed by atoms with Crippen LogP contribution >= 0.6 is 11.6 Å². The van der Waals surface area contributed by atoms with Crippen molar-refractivity contribution in [2.45, 2.75) is 19.3 Å². The highest BCUT2D eigenvalue weighted by atomic mass is 35.5. The van der Waals surface area contributed by atoms with Crippen LogP contribution in [0.4, 0.5) is 0 Å². The summed E-state index contributed by atoms with van der Waals surface area (Å²) in [6.45, 7) is 1.88. The quantitative estimate of drug-likeness (QED) is 0.854. The van der Waals surface area contributed by atoms with Crippen molar-refractivity contribution in [2.75, 3.05) is 26.2 Å². The molecular weight excluding hydrogens is 336 g/mol. The van der Waals surface area contributed by atoms with Gasteiger partial charge in [0.2, 0.25) is 5.91 Å². The molecule has 2 aliphatic rings. The standard InChI is InChI=1S/C15H17ClN4O4/c16-12-4-3-11(24-12)15(23)20-7-1-6-19(8-9-20)14(22)10-2-5-13(21)18-17-10/h3-4H,1-2,5-9H2,(H,18,21). The zero-order valence-corrected chi connectivity index (χ0v) is 13.7. The number of hydrazone groups is 1. The molecule has 0 bridgehead atoms. The van der Waals surface area contributed by atoms with Gasteiger partial charge in [0.25, 0.3) is 11.8 Å². The first kappa shape index (κ1) is 16.5. The summed E-state index contributed by atoms with van der Waals surface area (Å²) < 4.78 is 5.15. The normalized spacial score (nSPS) is 18.7. The minimum atomic E-state index is -0.238. The number of hydrogen-bond donors (Lipinski definition) is 1. The zero-order chi connectivity index (χ0) is 17.1. The monoisotopic (exact) mass is 352 g/mol. The number of hydrogen-bond acceptors (Lipinski definition) is 5. The van der Waals surface area contributed by atoms with Gasteiger partial charge in [-0.05, 0) is 30.2 Å². The summed E-state index contributed by atoms with van der Waals surface area (Å²) in [5.74, 6) is -0.417. The van der Waals surface area contributed by atoms with E-state index >= 15 is 0 Å². The lowest BCUT2D eigenvalue weighted by atomic mass is 10.1. The summed E-state index contributed by atoms with van der Waals surface area (Å²) in [6, 6.07) is 3.07. The van der Waals surface area contributed by atoms with Crippen molar-refractivity contribution in [3.05, 3.63) is 23.1 Å². The minimum absolute atomic E-state index is 0.169. The summed E-state index contributed by atoms with van der Waals surface area (Å²) in [5, 5.41) is 4.01. The number of nitrogens with zero attached hydrogens (tertiary/aromatic N) is 3. The summed E-state index contributed by atoms with van der Waals surface area (Å²) in [4.78, 5) is 39.3. The van der Waals surface area contributed by atoms with Crippen molar-refractivity contribution in [2.24, 2.45) is 5.10 Å². The van der Waals surface area contributed by atoms with Crippen molar-refractivity contribution in [3.63, 3.8) is 0 Å². The van der Waals surface area contributed by atoms with Gasteiger partial charge in [0.05, 0.1) is 0 Å². The van der Waals surface area contributed by atoms with E-state index in [1.165, 1.54) is 12.1 Å². The van der Waals surface area contributed by atoms with Crippen LogP contribution in [0.25, 0.3) is 0 Å². The van der Waals surface area contributed by atoms with Crippen molar-refractivity contribution in [1.82, 2.24) is 15.2 Å². The molecule has 0 saturated carbocycles. The van der Waals surface area contributed by atoms with Gasteiger partial charge >= 0.3 is 0 Å². The molecule has 0 aromatic carbocycles. The lowest BCUT2D eigenvalue weighted by molar-refractivity contribution is -0.124. The minimum Gasteiger partial charge on any atom is -0.440 e. The van der Waals surface area contributed by atoms with E-state index in [1.807, 2.05) is 0 Å². The number of carbonyl (C=O) groups is 3. The fraction of sp³-hybridized carbons (Fsp3) is 0.467. The molecule has 1 aromatic rings. The highest BCUT2D eigenvalue weighted by molar-refractivity contribution is 6.39. The van der Waals surface area contributed by atoms with Crippen LogP contribution in [0.1, 0.15) is 29.8 Å². The van der Waals surface area contributed by atoms with E-state index in [1.54, 1.807) is 9.80 Å². The van der Waals surface area contributed by atoms with Crippen LogP contribution in [-0.4, -0.2) is 59.4 Å². The van der Waals surface area contributed by atoms with Crippen LogP contribution in [0.3, 0.4) is 0 Å². The van der Waals surface area contributed by atoms with E-state index in [-0.39, 0.29) is 35.1 Å². The van der Waals surface area contributed by atoms with Gasteiger partial charge < -0.3 is 14.2 Å². The largest absolute Gasteiger partial charge is 0.440 e. The van der Waals surface area contributed by atoms with Crippen molar-refractivity contribution in [3.8, 4) is 0 Å². The second-order valence-electron chi connectivity index (χ2n) is 5.64. The van der Waals surface area contributed by atoms with Gasteiger partial charge in [-0.25, -0.2) is 5.43 Å². The van der Waals surface area contributed by atoms with Gasteiger partial charge in [-0.1, -0.05) is 0 Å². The van der Waals surface area contributed by atoms with E-state index in [2.05, 4.69) is 10.5 Å². The Morgan fingerprint density at radius 3 is 2.38 bits per heavy atom. The molecule has 8 nitrogen and oxygen atoms in total. The Labute approximate surface area is 143 Å². The van der Waals surface area contributed by atoms with E-state index in [0.717, 1.165) is 0 Å². The van der Waals surface area contributed by atoms with Crippen LogP contribution in [-0.2, 0) is 9.59 Å². The van der Waals surface area contributed by atoms with Gasteiger partial charge in [-0.2, -0.15) is 5.10 Å². The fourth-order valence-corrected chi connectivity index (χ4v) is 2.87. The van der Waals surface area contributed by atoms with Crippen LogP contribution in [0.15, 0.2) is 21.7 Å². The first-order chi connectivity index (χ1) is 11.5. The van der Waals surface area contributed by atoms with Crippen LogP contribution in [0.2, 0.25) is 5.22 Å². The average molecular weight is 353 g/mol. The van der Waals surface area contributed by atoms with E-state index in [9.17, 15) is 14.4 Å². The summed E-state index contributed by atoms with van der Waals surface area (Å²) in [5.41, 5.74) is 2.68. The predicted molar refractivity (Wildman–Crippen MR) is 85.6 cm³/mol. The lowest BCUT2D eigenvalue weighted by Gasteiger charge is -2.23. The molecule has 0 unspecified atom stereocenters. The fourth-order valence-electron chi connectivity index (χ4n) is 2.72. The van der Waals surface area contributed by atoms with E-state index in [4.69, 9.17) is 16.0 Å². The number of rotatable bonds is 2. The Bertz CT molecular complexity index is 699. The molecule has 9 heteroatoms. The maximum absolute atomic E-state index is 12.5. The lowest BCUT2D eigenvalue weighted by Crippen LogP contribution is -2.42. The van der Waals surface area contributed by atoms with Gasteiger partial charge in [0.15, 0.2) is 11.0 Å². The van der Waals surface area contributed by atoms with Crippen LogP contribution < -0.4 is 5.43 Å². The van der Waals surface area contributed by atoms with Crippen LogP contribution in [0.5, 0.6) is 0 Å². The molecule has 0 radical (unpaired) electrons. The molecule has 1 saturated heterocycles. The molecule has 1 aromatic heterocycles. The predicted octanol–water partition coefficient (Wildman–Crippen LogP) is 0.873. The molecule has 2 aliphatic heterocycles. The van der Waals surface area contributed by atoms with Crippen molar-refractivity contribution in [1.29, 1.82) is 0 Å². The zero-order valence-electron chi connectivity index (χ0n) is 13.0. The Morgan fingerprint density at radius 1 is 1.08 bits per heavy atom. The number of furan rings is 1. The molecule has 1 fully saturated rings. The topological polar surface area (TPSA) is 95.2 Å². The maximum atomic E-state index is 12.5. The molecule has 0 aliphatic carbocycles. The summed E-state index contributed by atoms with van der Waals surface area (Å²) in [6.07, 6.45) is 1.27. The Kier molecular flexibility index (Phi) is 4.84. The number of nitrogens with one attached hydrogen (secondary N) is 1. The first-order valence-electron chi connectivity index (χ1n) is 7.74. The van der Waals surface area contributed by atoms with Gasteiger partial charge in [0.1, 0.15) is 5.71 Å². The van der Waals surface area contributed by atoms with Crippen molar-refractivity contribution >= 4 is 35.0 Å². The second-order valence-corrected chi connectivity index (χ2v) is 6.01. The Hall–Kier alpha value is -2.35. The first-order valence-corrected chi connectivity index (χ1v) is 8.11. The molecule has 128 valence electrons. The molecular formula is C15H17ClN4O4. The highest BCUT2D eigenvalue weighted by Gasteiger charge is 2.27. The van der Waals surface area contributed by atoms with E-state index in [0.29, 0.717) is 44.7 Å². The smallest absolute Gasteiger partial charge is 0.289 e. The molecule has 0 spiro atoms. The maximum Gasteiger partial charge on any atom is 0.289 e. The van der Waals surface area contributed by atoms with E-state index < -0.39 is 0 Å². The Morgan fingerprint density at radius 2 is 1.79 bits per heavy atom. The molecule has 1 N–H and O–H groups in total.